The van der Waals surface area contributed by atoms with Crippen molar-refractivity contribution in [2.75, 3.05) is 17.2 Å². The van der Waals surface area contributed by atoms with E-state index >= 15 is 0 Å². The van der Waals surface area contributed by atoms with E-state index in [4.69, 9.17) is 4.74 Å². The number of nitrogens with one attached hydrogen (secondary N) is 2. The van der Waals surface area contributed by atoms with Gasteiger partial charge in [-0.25, -0.2) is 4.79 Å². The van der Waals surface area contributed by atoms with Crippen LogP contribution in [0, 0.1) is 25.7 Å². The van der Waals surface area contributed by atoms with Crippen molar-refractivity contribution in [1.82, 2.24) is 9.78 Å². The van der Waals surface area contributed by atoms with Gasteiger partial charge in [-0.05, 0) is 43.9 Å². The van der Waals surface area contributed by atoms with Crippen molar-refractivity contribution in [3.63, 3.8) is 0 Å². The number of anilines is 2. The predicted molar refractivity (Wildman–Crippen MR) is 115 cm³/mol. The summed E-state index contributed by atoms with van der Waals surface area (Å²) >= 11 is 0. The minimum atomic E-state index is -0.508. The molecule has 2 aromatic rings. The Balaban J connectivity index is 1.99. The monoisotopic (exact) mass is 400 g/mol. The second-order valence-corrected chi connectivity index (χ2v) is 8.15. The van der Waals surface area contributed by atoms with E-state index in [-0.39, 0.29) is 18.2 Å². The molecule has 0 aliphatic carbocycles. The van der Waals surface area contributed by atoms with E-state index < -0.39 is 6.09 Å². The van der Waals surface area contributed by atoms with Gasteiger partial charge in [0.1, 0.15) is 0 Å². The van der Waals surface area contributed by atoms with Crippen LogP contribution in [0.2, 0.25) is 0 Å². The Labute approximate surface area is 172 Å². The molecule has 0 saturated heterocycles. The van der Waals surface area contributed by atoms with Crippen LogP contribution in [-0.4, -0.2) is 28.4 Å². The Hall–Kier alpha value is -2.83. The summed E-state index contributed by atoms with van der Waals surface area (Å²) in [6.07, 6.45) is -0.255. The molecule has 0 unspecified atom stereocenters. The van der Waals surface area contributed by atoms with Gasteiger partial charge in [0, 0.05) is 29.2 Å². The largest absolute Gasteiger partial charge is 0.449 e. The zero-order valence-corrected chi connectivity index (χ0v) is 18.2. The van der Waals surface area contributed by atoms with Crippen LogP contribution in [0.1, 0.15) is 44.6 Å². The van der Waals surface area contributed by atoms with Gasteiger partial charge in [-0.15, -0.1) is 0 Å². The third kappa shape index (κ3) is 6.93. The molecule has 7 nitrogen and oxygen atoms in total. The molecule has 1 aromatic carbocycles. The second-order valence-electron chi connectivity index (χ2n) is 8.15. The van der Waals surface area contributed by atoms with E-state index in [0.29, 0.717) is 23.9 Å². The van der Waals surface area contributed by atoms with Gasteiger partial charge in [-0.3, -0.25) is 14.8 Å². The number of aryl methyl sites for hydroxylation is 1. The molecule has 0 saturated carbocycles. The fraction of sp³-hybridized carbons (Fsp3) is 0.500. The summed E-state index contributed by atoms with van der Waals surface area (Å²) in [5, 5.41) is 10.1. The topological polar surface area (TPSA) is 85.3 Å². The molecule has 0 radical (unpaired) electrons. The van der Waals surface area contributed by atoms with E-state index in [0.717, 1.165) is 23.5 Å². The summed E-state index contributed by atoms with van der Waals surface area (Å²) in [6, 6.07) is 7.00. The molecule has 2 amide bonds. The minimum Gasteiger partial charge on any atom is -0.449 e. The average Bonchev–Trinajstić information content (AvgIpc) is 2.87. The van der Waals surface area contributed by atoms with Crippen LogP contribution in [0.25, 0.3) is 0 Å². The first-order chi connectivity index (χ1) is 13.7. The highest BCUT2D eigenvalue weighted by atomic mass is 16.5. The third-order valence-corrected chi connectivity index (χ3v) is 4.35. The van der Waals surface area contributed by atoms with Crippen molar-refractivity contribution in [3.05, 3.63) is 41.2 Å². The maximum absolute atomic E-state index is 12.6. The molecule has 7 heteroatoms. The van der Waals surface area contributed by atoms with Crippen LogP contribution in [0.15, 0.2) is 24.3 Å². The molecule has 0 aliphatic rings. The van der Waals surface area contributed by atoms with Crippen molar-refractivity contribution in [1.29, 1.82) is 0 Å². The number of rotatable bonds is 8. The van der Waals surface area contributed by atoms with E-state index in [1.54, 1.807) is 24.3 Å². The summed E-state index contributed by atoms with van der Waals surface area (Å²) in [7, 11) is 0. The van der Waals surface area contributed by atoms with Gasteiger partial charge in [0.2, 0.25) is 5.91 Å². The number of amides is 2. The normalized spacial score (nSPS) is 11.0. The molecule has 29 heavy (non-hydrogen) atoms. The highest BCUT2D eigenvalue weighted by Gasteiger charge is 2.16. The van der Waals surface area contributed by atoms with Crippen LogP contribution >= 0.6 is 0 Å². The lowest BCUT2D eigenvalue weighted by molar-refractivity contribution is -0.115. The van der Waals surface area contributed by atoms with E-state index in [2.05, 4.69) is 29.6 Å². The minimum absolute atomic E-state index is 0.125. The summed E-state index contributed by atoms with van der Waals surface area (Å²) in [5.41, 5.74) is 4.03. The smallest absolute Gasteiger partial charge is 0.411 e. The van der Waals surface area contributed by atoms with Gasteiger partial charge in [0.15, 0.2) is 0 Å². The van der Waals surface area contributed by atoms with Crippen LogP contribution in [0.5, 0.6) is 0 Å². The molecule has 0 bridgehead atoms. The molecule has 158 valence electrons. The standard InChI is InChI=1S/C22H32N4O3/c1-14(2)12-26-17(6)20(16(5)25-26)11-21(27)23-18-8-7-9-19(10-18)24-22(28)29-13-15(3)4/h7-10,14-15H,11-13H2,1-6H3,(H,23,27)(H,24,28). The lowest BCUT2D eigenvalue weighted by Gasteiger charge is -2.11. The van der Waals surface area contributed by atoms with Gasteiger partial charge in [-0.2, -0.15) is 5.10 Å². The van der Waals surface area contributed by atoms with Crippen molar-refractivity contribution in [2.24, 2.45) is 11.8 Å². The van der Waals surface area contributed by atoms with Gasteiger partial charge in [0.05, 0.1) is 18.7 Å². The molecule has 1 heterocycles. The highest BCUT2D eigenvalue weighted by Crippen LogP contribution is 2.18. The highest BCUT2D eigenvalue weighted by molar-refractivity contribution is 5.93. The fourth-order valence-electron chi connectivity index (χ4n) is 2.95. The Morgan fingerprint density at radius 1 is 1.07 bits per heavy atom. The van der Waals surface area contributed by atoms with Crippen molar-refractivity contribution in [3.8, 4) is 0 Å². The summed E-state index contributed by atoms with van der Waals surface area (Å²) < 4.78 is 7.08. The predicted octanol–water partition coefficient (Wildman–Crippen LogP) is 4.54. The van der Waals surface area contributed by atoms with Gasteiger partial charge in [0.25, 0.3) is 0 Å². The average molecular weight is 401 g/mol. The number of aromatic nitrogens is 2. The Morgan fingerprint density at radius 3 is 2.34 bits per heavy atom. The van der Waals surface area contributed by atoms with Crippen LogP contribution in [0.4, 0.5) is 16.2 Å². The fourth-order valence-corrected chi connectivity index (χ4v) is 2.95. The molecular formula is C22H32N4O3. The molecule has 2 N–H and O–H groups in total. The number of nitrogens with zero attached hydrogens (tertiary/aromatic N) is 2. The van der Waals surface area contributed by atoms with E-state index in [9.17, 15) is 9.59 Å². The number of ether oxygens (including phenoxy) is 1. The zero-order valence-electron chi connectivity index (χ0n) is 18.2. The Morgan fingerprint density at radius 2 is 1.72 bits per heavy atom. The number of hydrogen-bond acceptors (Lipinski definition) is 4. The summed E-state index contributed by atoms with van der Waals surface area (Å²) in [6.45, 7) is 13.3. The molecular weight excluding hydrogens is 368 g/mol. The maximum Gasteiger partial charge on any atom is 0.411 e. The molecule has 2 rings (SSSR count). The van der Waals surface area contributed by atoms with Crippen LogP contribution in [-0.2, 0) is 22.5 Å². The van der Waals surface area contributed by atoms with Gasteiger partial charge < -0.3 is 10.1 Å². The molecule has 0 fully saturated rings. The molecule has 0 atom stereocenters. The van der Waals surface area contributed by atoms with E-state index in [1.807, 2.05) is 32.4 Å². The molecule has 0 spiro atoms. The summed E-state index contributed by atoms with van der Waals surface area (Å²) in [4.78, 5) is 24.4. The Kier molecular flexibility index (Phi) is 7.82. The lowest BCUT2D eigenvalue weighted by Crippen LogP contribution is -2.17. The van der Waals surface area contributed by atoms with E-state index in [1.165, 1.54) is 0 Å². The number of carbonyl (C=O) groups excluding carboxylic acids is 2. The van der Waals surface area contributed by atoms with Crippen molar-refractivity contribution in [2.45, 2.75) is 54.5 Å². The lowest BCUT2D eigenvalue weighted by atomic mass is 10.1. The SMILES string of the molecule is Cc1nn(CC(C)C)c(C)c1CC(=O)Nc1cccc(NC(=O)OCC(C)C)c1. The first-order valence-corrected chi connectivity index (χ1v) is 10.0. The summed E-state index contributed by atoms with van der Waals surface area (Å²) in [5.74, 6) is 0.625. The first-order valence-electron chi connectivity index (χ1n) is 10.0. The van der Waals surface area contributed by atoms with Crippen LogP contribution < -0.4 is 10.6 Å². The second kappa shape index (κ2) is 10.1. The number of carbonyl (C=O) groups is 2. The zero-order chi connectivity index (χ0) is 21.6. The number of benzene rings is 1. The van der Waals surface area contributed by atoms with Crippen molar-refractivity contribution >= 4 is 23.4 Å². The first kappa shape index (κ1) is 22.5. The van der Waals surface area contributed by atoms with Gasteiger partial charge >= 0.3 is 6.09 Å². The number of hydrogen-bond donors (Lipinski definition) is 2. The van der Waals surface area contributed by atoms with Gasteiger partial charge in [-0.1, -0.05) is 33.8 Å². The van der Waals surface area contributed by atoms with Crippen LogP contribution in [0.3, 0.4) is 0 Å². The quantitative estimate of drug-likeness (QED) is 0.681. The molecule has 0 aliphatic heterocycles. The third-order valence-electron chi connectivity index (χ3n) is 4.35. The maximum atomic E-state index is 12.6. The molecule has 1 aromatic heterocycles. The van der Waals surface area contributed by atoms with Crippen molar-refractivity contribution < 1.29 is 14.3 Å². The Bertz CT molecular complexity index is 856.